The molecule has 6 heteroatoms. The second-order valence-corrected chi connectivity index (χ2v) is 7.60. The van der Waals surface area contributed by atoms with Crippen LogP contribution in [-0.2, 0) is 11.2 Å². The number of benzene rings is 2. The van der Waals surface area contributed by atoms with E-state index in [0.717, 1.165) is 11.1 Å². The van der Waals surface area contributed by atoms with Crippen LogP contribution in [-0.4, -0.2) is 49.7 Å². The summed E-state index contributed by atoms with van der Waals surface area (Å²) < 4.78 is 11.2. The van der Waals surface area contributed by atoms with Crippen molar-refractivity contribution in [3.05, 3.63) is 70.3 Å². The van der Waals surface area contributed by atoms with E-state index in [1.807, 2.05) is 56.3 Å². The Labute approximate surface area is 183 Å². The number of carboxylic acid groups (broad SMARTS) is 1. The number of nitrogens with zero attached hydrogens (tertiary/aromatic N) is 1. The van der Waals surface area contributed by atoms with Gasteiger partial charge in [-0.1, -0.05) is 54.1 Å². The van der Waals surface area contributed by atoms with Crippen molar-refractivity contribution in [3.63, 3.8) is 0 Å². The van der Waals surface area contributed by atoms with E-state index in [4.69, 9.17) is 9.47 Å². The summed E-state index contributed by atoms with van der Waals surface area (Å²) in [6.45, 7) is 3.91. The minimum absolute atomic E-state index is 0.0175. The van der Waals surface area contributed by atoms with E-state index in [2.05, 4.69) is 0 Å². The number of allylic oxidation sites excluding steroid dienone is 2. The Hall–Kier alpha value is -3.38. The fourth-order valence-corrected chi connectivity index (χ4v) is 3.00. The van der Waals surface area contributed by atoms with Gasteiger partial charge in [0.1, 0.15) is 11.3 Å². The van der Waals surface area contributed by atoms with Crippen molar-refractivity contribution < 1.29 is 24.2 Å². The van der Waals surface area contributed by atoms with Gasteiger partial charge in [0, 0.05) is 5.56 Å². The van der Waals surface area contributed by atoms with E-state index in [1.54, 1.807) is 31.1 Å². The third kappa shape index (κ3) is 6.83. The Kier molecular flexibility index (Phi) is 8.58. The zero-order valence-electron chi connectivity index (χ0n) is 18.6. The third-order valence-electron chi connectivity index (χ3n) is 4.44. The molecule has 0 aliphatic rings. The van der Waals surface area contributed by atoms with Crippen LogP contribution in [0.5, 0.6) is 11.5 Å². The topological polar surface area (TPSA) is 76.1 Å². The van der Waals surface area contributed by atoms with Gasteiger partial charge in [0.25, 0.3) is 0 Å². The van der Waals surface area contributed by atoms with Crippen LogP contribution in [0.4, 0.5) is 0 Å². The van der Waals surface area contributed by atoms with E-state index >= 15 is 0 Å². The first-order valence-corrected chi connectivity index (χ1v) is 9.92. The minimum atomic E-state index is -1.18. The van der Waals surface area contributed by atoms with Crippen molar-refractivity contribution in [2.24, 2.45) is 0 Å². The first-order chi connectivity index (χ1) is 14.7. The number of likely N-dealkylation sites (N-methyl/N-ethyl adjacent to an activating group) is 1. The lowest BCUT2D eigenvalue weighted by atomic mass is 9.97. The average Bonchev–Trinajstić information content (AvgIpc) is 2.70. The quantitative estimate of drug-likeness (QED) is 0.276. The summed E-state index contributed by atoms with van der Waals surface area (Å²) >= 11 is 0. The van der Waals surface area contributed by atoms with Crippen LogP contribution in [0.1, 0.15) is 40.9 Å². The molecule has 0 atom stereocenters. The highest BCUT2D eigenvalue weighted by Gasteiger charge is 2.25. The summed E-state index contributed by atoms with van der Waals surface area (Å²) in [4.78, 5) is 26.4. The lowest BCUT2D eigenvalue weighted by molar-refractivity contribution is -0.135. The Bertz CT molecular complexity index is 987. The summed E-state index contributed by atoms with van der Waals surface area (Å²) in [7, 11) is 4.99. The lowest BCUT2D eigenvalue weighted by Crippen LogP contribution is -2.26. The number of carbonyl (C=O) groups excluding carboxylic acids is 1. The molecule has 164 valence electrons. The summed E-state index contributed by atoms with van der Waals surface area (Å²) in [5.74, 6) is -1.24. The minimum Gasteiger partial charge on any atom is -0.496 e. The molecule has 0 aliphatic heterocycles. The van der Waals surface area contributed by atoms with Gasteiger partial charge in [-0.2, -0.15) is 0 Å². The van der Waals surface area contributed by atoms with E-state index < -0.39 is 11.9 Å². The Balaban J connectivity index is 2.69. The molecule has 2 aromatic carbocycles. The number of hydrogen-bond acceptors (Lipinski definition) is 5. The van der Waals surface area contributed by atoms with Crippen molar-refractivity contribution in [2.75, 3.05) is 27.7 Å². The molecule has 0 spiro atoms. The van der Waals surface area contributed by atoms with Crippen molar-refractivity contribution in [1.82, 2.24) is 4.90 Å². The highest BCUT2D eigenvalue weighted by Crippen LogP contribution is 2.37. The van der Waals surface area contributed by atoms with E-state index in [0.29, 0.717) is 23.3 Å². The van der Waals surface area contributed by atoms with Gasteiger partial charge in [0.05, 0.1) is 13.7 Å². The maximum atomic E-state index is 12.4. The number of ether oxygens (including phenoxy) is 2. The van der Waals surface area contributed by atoms with Crippen LogP contribution in [0.25, 0.3) is 12.2 Å². The van der Waals surface area contributed by atoms with Gasteiger partial charge in [-0.15, -0.1) is 0 Å². The molecule has 0 saturated carbocycles. The molecule has 0 unspecified atom stereocenters. The molecule has 0 fully saturated rings. The maximum Gasteiger partial charge on any atom is 0.340 e. The Morgan fingerprint density at radius 1 is 1.10 bits per heavy atom. The first kappa shape index (κ1) is 23.9. The van der Waals surface area contributed by atoms with Gasteiger partial charge < -0.3 is 14.6 Å². The molecule has 0 radical (unpaired) electrons. The zero-order valence-corrected chi connectivity index (χ0v) is 18.6. The molecule has 0 bridgehead atoms. The molecular weight excluding hydrogens is 394 g/mol. The molecule has 2 rings (SSSR count). The van der Waals surface area contributed by atoms with Gasteiger partial charge in [-0.25, -0.2) is 4.79 Å². The van der Waals surface area contributed by atoms with Gasteiger partial charge in [-0.05, 0) is 51.6 Å². The smallest absolute Gasteiger partial charge is 0.340 e. The van der Waals surface area contributed by atoms with Gasteiger partial charge in [0.15, 0.2) is 5.75 Å². The Morgan fingerprint density at radius 3 is 2.32 bits per heavy atom. The predicted octanol–water partition coefficient (Wildman–Crippen LogP) is 4.54. The first-order valence-electron chi connectivity index (χ1n) is 9.92. The number of methoxy groups -OCH3 is 1. The number of aromatic carboxylic acids is 1. The second-order valence-electron chi connectivity index (χ2n) is 7.60. The predicted molar refractivity (Wildman–Crippen MR) is 123 cm³/mol. The van der Waals surface area contributed by atoms with Crippen LogP contribution in [0.2, 0.25) is 0 Å². The number of esters is 1. The van der Waals surface area contributed by atoms with E-state index in [9.17, 15) is 14.7 Å². The van der Waals surface area contributed by atoms with Crippen molar-refractivity contribution in [3.8, 4) is 11.5 Å². The number of carboxylic acids is 1. The van der Waals surface area contributed by atoms with Crippen molar-refractivity contribution in [1.29, 1.82) is 0 Å². The van der Waals surface area contributed by atoms with Gasteiger partial charge in [-0.3, -0.25) is 9.69 Å². The molecular formula is C25H29NO5. The highest BCUT2D eigenvalue weighted by molar-refractivity contribution is 5.98. The van der Waals surface area contributed by atoms with Crippen LogP contribution >= 0.6 is 0 Å². The maximum absolute atomic E-state index is 12.4. The fourth-order valence-electron chi connectivity index (χ4n) is 3.00. The number of hydrogen-bond donors (Lipinski definition) is 1. The molecule has 31 heavy (non-hydrogen) atoms. The summed E-state index contributed by atoms with van der Waals surface area (Å²) in [5.41, 5.74) is 2.80. The molecule has 0 aliphatic carbocycles. The van der Waals surface area contributed by atoms with Crippen LogP contribution in [0, 0.1) is 0 Å². The van der Waals surface area contributed by atoms with Crippen LogP contribution < -0.4 is 9.47 Å². The molecule has 0 heterocycles. The average molecular weight is 424 g/mol. The van der Waals surface area contributed by atoms with Crippen LogP contribution in [0.15, 0.2) is 48.0 Å². The van der Waals surface area contributed by atoms with E-state index in [1.165, 1.54) is 7.11 Å². The van der Waals surface area contributed by atoms with Crippen LogP contribution in [0.3, 0.4) is 0 Å². The lowest BCUT2D eigenvalue weighted by Gasteiger charge is -2.19. The summed E-state index contributed by atoms with van der Waals surface area (Å²) in [6, 6.07) is 11.2. The second kappa shape index (κ2) is 11.1. The molecule has 1 N–H and O–H groups in total. The largest absolute Gasteiger partial charge is 0.496 e. The van der Waals surface area contributed by atoms with Gasteiger partial charge >= 0.3 is 11.9 Å². The molecule has 6 nitrogen and oxygen atoms in total. The molecule has 2 aromatic rings. The third-order valence-corrected chi connectivity index (χ3v) is 4.44. The fraction of sp³-hybridized carbons (Fsp3) is 0.280. The number of rotatable bonds is 9. The number of carbonyl (C=O) groups is 2. The molecule has 0 aromatic heterocycles. The monoisotopic (exact) mass is 423 g/mol. The Morgan fingerprint density at radius 2 is 1.77 bits per heavy atom. The molecule has 0 amide bonds. The van der Waals surface area contributed by atoms with E-state index in [-0.39, 0.29) is 17.9 Å². The molecule has 0 saturated heterocycles. The standard InChI is InChI=1S/C25H29NO5/c1-17(2)11-14-20-21(30-5)15-19(13-12-18-9-7-6-8-10-18)23(25(28)29)24(20)31-22(27)16-26(3)4/h6-13,15H,14,16H2,1-5H3,(H,28,29)/b13-12+. The van der Waals surface area contributed by atoms with Crippen molar-refractivity contribution >= 4 is 24.1 Å². The normalized spacial score (nSPS) is 10.9. The highest BCUT2D eigenvalue weighted by atomic mass is 16.5. The SMILES string of the molecule is COc1cc(/C=C/c2ccccc2)c(C(=O)O)c(OC(=O)CN(C)C)c1CC=C(C)C. The zero-order chi connectivity index (χ0) is 23.0. The van der Waals surface area contributed by atoms with Crippen molar-refractivity contribution in [2.45, 2.75) is 20.3 Å². The van der Waals surface area contributed by atoms with Gasteiger partial charge in [0.2, 0.25) is 0 Å². The summed E-state index contributed by atoms with van der Waals surface area (Å²) in [5, 5.41) is 10.0. The summed E-state index contributed by atoms with van der Waals surface area (Å²) in [6.07, 6.45) is 5.81.